The minimum absolute atomic E-state index is 0.0154. The predicted molar refractivity (Wildman–Crippen MR) is 70.0 cm³/mol. The van der Waals surface area contributed by atoms with E-state index in [1.165, 1.54) is 5.56 Å². The molecule has 1 saturated heterocycles. The molecule has 1 heterocycles. The van der Waals surface area contributed by atoms with Crippen molar-refractivity contribution in [2.24, 2.45) is 0 Å². The quantitative estimate of drug-likeness (QED) is 0.900. The zero-order chi connectivity index (χ0) is 11.6. The van der Waals surface area contributed by atoms with Gasteiger partial charge < -0.3 is 10.1 Å². The molecule has 0 aromatic heterocycles. The van der Waals surface area contributed by atoms with Gasteiger partial charge in [0.05, 0.1) is 0 Å². The summed E-state index contributed by atoms with van der Waals surface area (Å²) < 4.78 is 7.22. The zero-order valence-corrected chi connectivity index (χ0v) is 11.4. The number of aryl methyl sites for hydroxylation is 1. The molecule has 1 aromatic carbocycles. The van der Waals surface area contributed by atoms with E-state index in [1.54, 1.807) is 0 Å². The van der Waals surface area contributed by atoms with Gasteiger partial charge in [-0.15, -0.1) is 0 Å². The normalized spacial score (nSPS) is 19.4. The predicted octanol–water partition coefficient (Wildman–Crippen LogP) is 3.28. The molecular weight excluding hydrogens is 266 g/mol. The second-order valence-electron chi connectivity index (χ2n) is 4.77. The smallest absolute Gasteiger partial charge is 0.121 e. The monoisotopic (exact) mass is 283 g/mol. The Morgan fingerprint density at radius 1 is 1.25 bits per heavy atom. The summed E-state index contributed by atoms with van der Waals surface area (Å²) >= 11 is 3.50. The number of ether oxygens (including phenoxy) is 1. The number of benzene rings is 1. The maximum absolute atomic E-state index is 6.13. The van der Waals surface area contributed by atoms with Crippen molar-refractivity contribution in [3.63, 3.8) is 0 Å². The number of piperidine rings is 1. The lowest BCUT2D eigenvalue weighted by atomic mass is 9.94. The molecule has 2 rings (SSSR count). The topological polar surface area (TPSA) is 21.3 Å². The van der Waals surface area contributed by atoms with E-state index in [-0.39, 0.29) is 5.60 Å². The first-order valence-corrected chi connectivity index (χ1v) is 6.54. The summed E-state index contributed by atoms with van der Waals surface area (Å²) in [6.45, 7) is 6.37. The van der Waals surface area contributed by atoms with Gasteiger partial charge in [-0.3, -0.25) is 0 Å². The fourth-order valence-electron chi connectivity index (χ4n) is 2.10. The molecule has 0 bridgehead atoms. The summed E-state index contributed by atoms with van der Waals surface area (Å²) in [6.07, 6.45) is 2.14. The van der Waals surface area contributed by atoms with E-state index in [0.717, 1.165) is 36.2 Å². The first kappa shape index (κ1) is 11.9. The van der Waals surface area contributed by atoms with Crippen LogP contribution in [0.4, 0.5) is 0 Å². The first-order valence-electron chi connectivity index (χ1n) is 5.74. The van der Waals surface area contributed by atoms with Crippen LogP contribution in [-0.4, -0.2) is 18.7 Å². The summed E-state index contributed by atoms with van der Waals surface area (Å²) in [5.41, 5.74) is 1.21. The Kier molecular flexibility index (Phi) is 3.55. The van der Waals surface area contributed by atoms with Crippen molar-refractivity contribution in [1.82, 2.24) is 5.32 Å². The van der Waals surface area contributed by atoms with Crippen molar-refractivity contribution in [2.45, 2.75) is 32.3 Å². The highest BCUT2D eigenvalue weighted by atomic mass is 79.9. The van der Waals surface area contributed by atoms with Crippen molar-refractivity contribution < 1.29 is 4.74 Å². The van der Waals surface area contributed by atoms with Gasteiger partial charge in [0, 0.05) is 4.47 Å². The van der Waals surface area contributed by atoms with E-state index in [4.69, 9.17) is 4.74 Å². The lowest BCUT2D eigenvalue weighted by Crippen LogP contribution is -2.43. The van der Waals surface area contributed by atoms with Crippen LogP contribution < -0.4 is 10.1 Å². The third kappa shape index (κ3) is 2.98. The molecule has 16 heavy (non-hydrogen) atoms. The third-order valence-corrected chi connectivity index (χ3v) is 3.50. The van der Waals surface area contributed by atoms with Gasteiger partial charge in [-0.1, -0.05) is 15.9 Å². The van der Waals surface area contributed by atoms with Crippen molar-refractivity contribution in [2.75, 3.05) is 13.1 Å². The maximum Gasteiger partial charge on any atom is 0.121 e. The van der Waals surface area contributed by atoms with Gasteiger partial charge >= 0.3 is 0 Å². The molecule has 1 fully saturated rings. The zero-order valence-electron chi connectivity index (χ0n) is 9.85. The molecule has 0 atom stereocenters. The van der Waals surface area contributed by atoms with E-state index in [1.807, 2.05) is 6.07 Å². The number of nitrogens with one attached hydrogen (secondary N) is 1. The average Bonchev–Trinajstić information content (AvgIpc) is 2.15. The Bertz CT molecular complexity index is 352. The molecule has 2 nitrogen and oxygen atoms in total. The maximum atomic E-state index is 6.13. The summed E-state index contributed by atoms with van der Waals surface area (Å²) in [5.74, 6) is 0.969. The Morgan fingerprint density at radius 3 is 2.56 bits per heavy atom. The molecule has 0 unspecified atom stereocenters. The van der Waals surface area contributed by atoms with Gasteiger partial charge in [0.25, 0.3) is 0 Å². The summed E-state index contributed by atoms with van der Waals surface area (Å²) in [5, 5.41) is 3.36. The lowest BCUT2D eigenvalue weighted by Gasteiger charge is -2.34. The van der Waals surface area contributed by atoms with E-state index in [0.29, 0.717) is 0 Å². The van der Waals surface area contributed by atoms with Gasteiger partial charge in [-0.05, 0) is 63.5 Å². The van der Waals surface area contributed by atoms with E-state index < -0.39 is 0 Å². The van der Waals surface area contributed by atoms with E-state index in [9.17, 15) is 0 Å². The van der Waals surface area contributed by atoms with Crippen LogP contribution in [0.15, 0.2) is 22.7 Å². The Hall–Kier alpha value is -0.540. The summed E-state index contributed by atoms with van der Waals surface area (Å²) in [7, 11) is 0. The number of halogens is 1. The Morgan fingerprint density at radius 2 is 1.94 bits per heavy atom. The molecular formula is C13H18BrNO. The lowest BCUT2D eigenvalue weighted by molar-refractivity contribution is 0.0555. The SMILES string of the molecule is Cc1cc(Br)cc(OC2(C)CCNCC2)c1. The van der Waals surface area contributed by atoms with Crippen molar-refractivity contribution in [3.05, 3.63) is 28.2 Å². The summed E-state index contributed by atoms with van der Waals surface area (Å²) in [6, 6.07) is 6.23. The molecule has 3 heteroatoms. The molecule has 1 aliphatic heterocycles. The van der Waals surface area contributed by atoms with E-state index >= 15 is 0 Å². The van der Waals surface area contributed by atoms with Crippen molar-refractivity contribution in [1.29, 1.82) is 0 Å². The molecule has 0 aliphatic carbocycles. The molecule has 0 saturated carbocycles. The minimum atomic E-state index is -0.0154. The van der Waals surface area contributed by atoms with Gasteiger partial charge in [0.1, 0.15) is 11.4 Å². The standard InChI is InChI=1S/C13H18BrNO/c1-10-7-11(14)9-12(8-10)16-13(2)3-5-15-6-4-13/h7-9,15H,3-6H2,1-2H3. The van der Waals surface area contributed by atoms with Crippen LogP contribution >= 0.6 is 15.9 Å². The van der Waals surface area contributed by atoms with Crippen LogP contribution in [0.25, 0.3) is 0 Å². The molecule has 1 aliphatic rings. The van der Waals surface area contributed by atoms with Crippen molar-refractivity contribution >= 4 is 15.9 Å². The second kappa shape index (κ2) is 4.76. The van der Waals surface area contributed by atoms with Crippen LogP contribution in [0.1, 0.15) is 25.3 Å². The van der Waals surface area contributed by atoms with Gasteiger partial charge in [-0.2, -0.15) is 0 Å². The van der Waals surface area contributed by atoms with E-state index in [2.05, 4.69) is 47.2 Å². The Balaban J connectivity index is 2.13. The Labute approximate surface area is 106 Å². The summed E-state index contributed by atoms with van der Waals surface area (Å²) in [4.78, 5) is 0. The molecule has 88 valence electrons. The minimum Gasteiger partial charge on any atom is -0.487 e. The van der Waals surface area contributed by atoms with Gasteiger partial charge in [-0.25, -0.2) is 0 Å². The average molecular weight is 284 g/mol. The highest BCUT2D eigenvalue weighted by molar-refractivity contribution is 9.10. The van der Waals surface area contributed by atoms with Crippen LogP contribution in [0.3, 0.4) is 0 Å². The number of hydrogen-bond acceptors (Lipinski definition) is 2. The molecule has 1 aromatic rings. The number of hydrogen-bond donors (Lipinski definition) is 1. The second-order valence-corrected chi connectivity index (χ2v) is 5.68. The van der Waals surface area contributed by atoms with Gasteiger partial charge in [0.2, 0.25) is 0 Å². The largest absolute Gasteiger partial charge is 0.487 e. The van der Waals surface area contributed by atoms with Crippen LogP contribution in [0, 0.1) is 6.92 Å². The van der Waals surface area contributed by atoms with Gasteiger partial charge in [0.15, 0.2) is 0 Å². The fraction of sp³-hybridized carbons (Fsp3) is 0.538. The number of rotatable bonds is 2. The van der Waals surface area contributed by atoms with Crippen LogP contribution in [-0.2, 0) is 0 Å². The molecule has 0 spiro atoms. The van der Waals surface area contributed by atoms with Crippen LogP contribution in [0.2, 0.25) is 0 Å². The molecule has 0 amide bonds. The third-order valence-electron chi connectivity index (χ3n) is 3.04. The highest BCUT2D eigenvalue weighted by Gasteiger charge is 2.28. The van der Waals surface area contributed by atoms with Crippen LogP contribution in [0.5, 0.6) is 5.75 Å². The highest BCUT2D eigenvalue weighted by Crippen LogP contribution is 2.28. The van der Waals surface area contributed by atoms with Crippen molar-refractivity contribution in [3.8, 4) is 5.75 Å². The molecule has 0 radical (unpaired) electrons. The molecule has 1 N–H and O–H groups in total. The first-order chi connectivity index (χ1) is 7.57. The fourth-order valence-corrected chi connectivity index (χ4v) is 2.69.